The largest absolute Gasteiger partial charge is 0.432 e. The molecular weight excluding hydrogens is 221 g/mol. The summed E-state index contributed by atoms with van der Waals surface area (Å²) in [6, 6.07) is 0. The standard InChI is InChI=1S/C8H10FN3O4/c9-5-1-4(3-13)16-7(5)6-2-10-8(11-6)12(14)15/h2,4-5,7,13H,1,3H2,(H,10,11)/t4-,5-,7+/m0/s1. The maximum Gasteiger partial charge on any atom is 0.432 e. The number of nitro groups is 1. The third-order valence-electron chi connectivity index (χ3n) is 2.42. The molecule has 2 heterocycles. The third-order valence-corrected chi connectivity index (χ3v) is 2.42. The molecule has 3 atom stereocenters. The van der Waals surface area contributed by atoms with Gasteiger partial charge in [0.15, 0.2) is 0 Å². The van der Waals surface area contributed by atoms with E-state index in [2.05, 4.69) is 9.97 Å². The zero-order chi connectivity index (χ0) is 11.7. The van der Waals surface area contributed by atoms with Crippen LogP contribution in [-0.2, 0) is 4.74 Å². The molecule has 8 heteroatoms. The van der Waals surface area contributed by atoms with Gasteiger partial charge in [-0.3, -0.25) is 0 Å². The lowest BCUT2D eigenvalue weighted by Gasteiger charge is -2.08. The van der Waals surface area contributed by atoms with E-state index in [1.165, 1.54) is 6.20 Å². The van der Waals surface area contributed by atoms with Crippen LogP contribution in [0.4, 0.5) is 10.3 Å². The molecule has 0 bridgehead atoms. The minimum absolute atomic E-state index is 0.0774. The number of ether oxygens (including phenoxy) is 1. The van der Waals surface area contributed by atoms with Crippen molar-refractivity contribution in [2.45, 2.75) is 24.8 Å². The van der Waals surface area contributed by atoms with E-state index in [9.17, 15) is 14.5 Å². The van der Waals surface area contributed by atoms with Gasteiger partial charge >= 0.3 is 5.95 Å². The van der Waals surface area contributed by atoms with Gasteiger partial charge in [0.25, 0.3) is 0 Å². The number of aromatic nitrogens is 2. The van der Waals surface area contributed by atoms with Crippen LogP contribution in [0.25, 0.3) is 0 Å². The topological polar surface area (TPSA) is 101 Å². The number of nitrogens with zero attached hydrogens (tertiary/aromatic N) is 2. The van der Waals surface area contributed by atoms with Crippen LogP contribution in [0.1, 0.15) is 18.2 Å². The molecule has 1 aliphatic heterocycles. The van der Waals surface area contributed by atoms with Crippen molar-refractivity contribution >= 4 is 5.95 Å². The molecule has 2 N–H and O–H groups in total. The minimum Gasteiger partial charge on any atom is -0.394 e. The maximum absolute atomic E-state index is 13.5. The van der Waals surface area contributed by atoms with Crippen LogP contribution in [0.15, 0.2) is 6.20 Å². The highest BCUT2D eigenvalue weighted by Gasteiger charge is 2.39. The van der Waals surface area contributed by atoms with E-state index >= 15 is 0 Å². The van der Waals surface area contributed by atoms with Crippen molar-refractivity contribution < 1.29 is 19.2 Å². The molecule has 1 aliphatic rings. The molecule has 16 heavy (non-hydrogen) atoms. The number of aliphatic hydroxyl groups is 1. The molecule has 0 aliphatic carbocycles. The number of rotatable bonds is 3. The fourth-order valence-electron chi connectivity index (χ4n) is 1.67. The fourth-order valence-corrected chi connectivity index (χ4v) is 1.67. The van der Waals surface area contributed by atoms with Crippen LogP contribution in [0.3, 0.4) is 0 Å². The number of imidazole rings is 1. The number of hydrogen-bond acceptors (Lipinski definition) is 5. The lowest BCUT2D eigenvalue weighted by molar-refractivity contribution is -0.393. The summed E-state index contributed by atoms with van der Waals surface area (Å²) in [6.45, 7) is -0.271. The maximum atomic E-state index is 13.5. The first-order valence-electron chi connectivity index (χ1n) is 4.71. The summed E-state index contributed by atoms with van der Waals surface area (Å²) >= 11 is 0. The summed E-state index contributed by atoms with van der Waals surface area (Å²) < 4.78 is 18.7. The lowest BCUT2D eigenvalue weighted by Crippen LogP contribution is -2.11. The second kappa shape index (κ2) is 4.14. The molecule has 0 unspecified atom stereocenters. The van der Waals surface area contributed by atoms with E-state index in [0.29, 0.717) is 0 Å². The number of hydrogen-bond donors (Lipinski definition) is 2. The predicted molar refractivity (Wildman–Crippen MR) is 49.5 cm³/mol. The van der Waals surface area contributed by atoms with Gasteiger partial charge in [-0.15, -0.1) is 0 Å². The quantitative estimate of drug-likeness (QED) is 0.581. The normalized spacial score (nSPS) is 29.5. The fraction of sp³-hybridized carbons (Fsp3) is 0.625. The summed E-state index contributed by atoms with van der Waals surface area (Å²) in [5, 5.41) is 19.2. The van der Waals surface area contributed by atoms with Crippen molar-refractivity contribution in [3.63, 3.8) is 0 Å². The zero-order valence-corrected chi connectivity index (χ0v) is 8.17. The highest BCUT2D eigenvalue weighted by atomic mass is 19.1. The van der Waals surface area contributed by atoms with Crippen molar-refractivity contribution in [1.29, 1.82) is 0 Å². The van der Waals surface area contributed by atoms with Gasteiger partial charge in [-0.2, -0.15) is 0 Å². The van der Waals surface area contributed by atoms with E-state index < -0.39 is 29.3 Å². The summed E-state index contributed by atoms with van der Waals surface area (Å²) in [5.74, 6) is -0.446. The SMILES string of the molecule is O=[N+]([O-])c1ncc([C@@H]2O[C@H](CO)C[C@@H]2F)[nH]1. The first kappa shape index (κ1) is 11.0. The van der Waals surface area contributed by atoms with Gasteiger partial charge in [0.05, 0.1) is 12.7 Å². The van der Waals surface area contributed by atoms with E-state index in [1.54, 1.807) is 0 Å². The Morgan fingerprint density at radius 1 is 1.81 bits per heavy atom. The monoisotopic (exact) mass is 231 g/mol. The van der Waals surface area contributed by atoms with Crippen LogP contribution >= 0.6 is 0 Å². The Kier molecular flexibility index (Phi) is 2.84. The Morgan fingerprint density at radius 3 is 3.06 bits per heavy atom. The number of H-pyrrole nitrogens is 1. The Hall–Kier alpha value is -1.54. The highest BCUT2D eigenvalue weighted by Crippen LogP contribution is 2.34. The molecule has 2 rings (SSSR count). The molecule has 1 saturated heterocycles. The smallest absolute Gasteiger partial charge is 0.394 e. The van der Waals surface area contributed by atoms with Gasteiger partial charge in [0, 0.05) is 6.42 Å². The first-order chi connectivity index (χ1) is 7.61. The van der Waals surface area contributed by atoms with Crippen LogP contribution < -0.4 is 0 Å². The molecule has 88 valence electrons. The summed E-state index contributed by atoms with van der Waals surface area (Å²) in [4.78, 5) is 15.5. The Morgan fingerprint density at radius 2 is 2.56 bits per heavy atom. The number of nitrogens with one attached hydrogen (secondary N) is 1. The molecule has 1 aromatic rings. The van der Waals surface area contributed by atoms with Crippen molar-refractivity contribution in [2.24, 2.45) is 0 Å². The number of alkyl halides is 1. The summed E-state index contributed by atoms with van der Waals surface area (Å²) in [5.41, 5.74) is 0.218. The van der Waals surface area contributed by atoms with Gasteiger partial charge < -0.3 is 20.0 Å². The van der Waals surface area contributed by atoms with Gasteiger partial charge in [-0.05, 0) is 4.92 Å². The third kappa shape index (κ3) is 1.89. The average molecular weight is 231 g/mol. The Balaban J connectivity index is 2.15. The van der Waals surface area contributed by atoms with Crippen LogP contribution in [0, 0.1) is 10.1 Å². The highest BCUT2D eigenvalue weighted by molar-refractivity contribution is 5.15. The van der Waals surface area contributed by atoms with Crippen LogP contribution in [0.2, 0.25) is 0 Å². The van der Waals surface area contributed by atoms with Crippen molar-refractivity contribution in [3.05, 3.63) is 22.0 Å². The molecule has 0 amide bonds. The van der Waals surface area contributed by atoms with Gasteiger partial charge in [0.1, 0.15) is 24.2 Å². The predicted octanol–water partition coefficient (Wildman–Crippen LogP) is 0.478. The molecule has 0 radical (unpaired) electrons. The van der Waals surface area contributed by atoms with Crippen LogP contribution in [0.5, 0.6) is 0 Å². The zero-order valence-electron chi connectivity index (χ0n) is 8.17. The van der Waals surface area contributed by atoms with E-state index in [1.807, 2.05) is 0 Å². The first-order valence-corrected chi connectivity index (χ1v) is 4.71. The van der Waals surface area contributed by atoms with Crippen LogP contribution in [-0.4, -0.2) is 38.9 Å². The van der Waals surface area contributed by atoms with Gasteiger partial charge in [-0.1, -0.05) is 4.98 Å². The Labute approximate surface area is 89.4 Å². The number of aliphatic hydroxyl groups excluding tert-OH is 1. The number of aromatic amines is 1. The molecule has 0 aromatic carbocycles. The molecule has 1 fully saturated rings. The lowest BCUT2D eigenvalue weighted by atomic mass is 10.1. The average Bonchev–Trinajstić information content (AvgIpc) is 2.83. The number of halogens is 1. The molecule has 0 spiro atoms. The second-order valence-corrected chi connectivity index (χ2v) is 3.53. The summed E-state index contributed by atoms with van der Waals surface area (Å²) in [7, 11) is 0. The van der Waals surface area contributed by atoms with E-state index in [-0.39, 0.29) is 18.7 Å². The molecule has 0 saturated carbocycles. The Bertz CT molecular complexity index is 396. The van der Waals surface area contributed by atoms with Crippen molar-refractivity contribution in [1.82, 2.24) is 9.97 Å². The second-order valence-electron chi connectivity index (χ2n) is 3.53. The molecule has 1 aromatic heterocycles. The molecular formula is C8H10FN3O4. The minimum atomic E-state index is -1.29. The summed E-state index contributed by atoms with van der Waals surface area (Å²) in [6.07, 6.45) is -1.53. The van der Waals surface area contributed by atoms with Gasteiger partial charge in [-0.25, -0.2) is 9.37 Å². The van der Waals surface area contributed by atoms with Gasteiger partial charge in [0.2, 0.25) is 0 Å². The molecule has 7 nitrogen and oxygen atoms in total. The van der Waals surface area contributed by atoms with E-state index in [0.717, 1.165) is 0 Å². The van der Waals surface area contributed by atoms with E-state index in [4.69, 9.17) is 9.84 Å². The van der Waals surface area contributed by atoms with Crippen molar-refractivity contribution in [3.8, 4) is 0 Å². The van der Waals surface area contributed by atoms with Crippen molar-refractivity contribution in [2.75, 3.05) is 6.61 Å².